The van der Waals surface area contributed by atoms with Gasteiger partial charge in [-0.25, -0.2) is 0 Å². The highest BCUT2D eigenvalue weighted by Crippen LogP contribution is 2.32. The average Bonchev–Trinajstić information content (AvgIpc) is 3.26. The zero-order valence-corrected chi connectivity index (χ0v) is 22.6. The van der Waals surface area contributed by atoms with Crippen molar-refractivity contribution in [2.45, 2.75) is 37.7 Å². The first-order valence-corrected chi connectivity index (χ1v) is 13.0. The SMILES string of the molecule is Cc1cccc(CSc2nnc(C(C)NC(=O)c3ccc(C)c([N+](=O)[O-])c3)n2-c2ccc(Cl)cc2Cl)c1. The predicted octanol–water partition coefficient (Wildman–Crippen LogP) is 6.88. The number of nitro groups is 1. The lowest BCUT2D eigenvalue weighted by molar-refractivity contribution is -0.385. The molecular formula is C26H23Cl2N5O3S. The molecule has 3 aromatic carbocycles. The molecule has 0 aliphatic heterocycles. The van der Waals surface area contributed by atoms with E-state index < -0.39 is 16.9 Å². The molecule has 4 rings (SSSR count). The molecule has 0 aliphatic rings. The lowest BCUT2D eigenvalue weighted by Crippen LogP contribution is -2.28. The van der Waals surface area contributed by atoms with E-state index in [0.717, 1.165) is 11.1 Å². The largest absolute Gasteiger partial charge is 0.342 e. The van der Waals surface area contributed by atoms with Crippen LogP contribution in [0.3, 0.4) is 0 Å². The Morgan fingerprint density at radius 3 is 2.59 bits per heavy atom. The van der Waals surface area contributed by atoms with Crippen LogP contribution in [0.25, 0.3) is 5.69 Å². The van der Waals surface area contributed by atoms with E-state index >= 15 is 0 Å². The second-order valence-electron chi connectivity index (χ2n) is 8.50. The summed E-state index contributed by atoms with van der Waals surface area (Å²) in [4.78, 5) is 23.8. The standard InChI is InChI=1S/C26H23Cl2N5O3S/c1-15-5-4-6-18(11-15)14-37-26-31-30-24(32(26)22-10-9-20(27)13-21(22)28)17(3)29-25(34)19-8-7-16(2)23(12-19)33(35)36/h4-13,17H,14H2,1-3H3,(H,29,34). The summed E-state index contributed by atoms with van der Waals surface area (Å²) in [6, 6.07) is 17.1. The zero-order chi connectivity index (χ0) is 26.7. The number of carbonyl (C=O) groups excluding carboxylic acids is 1. The second kappa shape index (κ2) is 11.3. The fourth-order valence-corrected chi connectivity index (χ4v) is 5.17. The van der Waals surface area contributed by atoms with Gasteiger partial charge >= 0.3 is 0 Å². The molecule has 37 heavy (non-hydrogen) atoms. The fraction of sp³-hybridized carbons (Fsp3) is 0.192. The van der Waals surface area contributed by atoms with E-state index in [1.54, 1.807) is 48.7 Å². The number of thioether (sulfide) groups is 1. The highest BCUT2D eigenvalue weighted by molar-refractivity contribution is 7.98. The molecule has 8 nitrogen and oxygen atoms in total. The van der Waals surface area contributed by atoms with Crippen LogP contribution in [0, 0.1) is 24.0 Å². The van der Waals surface area contributed by atoms with Crippen molar-refractivity contribution in [3.05, 3.63) is 109 Å². The van der Waals surface area contributed by atoms with Gasteiger partial charge in [0.05, 0.1) is 21.7 Å². The second-order valence-corrected chi connectivity index (χ2v) is 10.3. The van der Waals surface area contributed by atoms with Crippen molar-refractivity contribution in [3.8, 4) is 5.69 Å². The Morgan fingerprint density at radius 1 is 1.11 bits per heavy atom. The number of benzene rings is 3. The normalized spacial score (nSPS) is 11.8. The molecule has 0 spiro atoms. The number of nitrogens with zero attached hydrogens (tertiary/aromatic N) is 4. The topological polar surface area (TPSA) is 103 Å². The third-order valence-electron chi connectivity index (χ3n) is 5.66. The van der Waals surface area contributed by atoms with Crippen molar-refractivity contribution >= 4 is 46.6 Å². The average molecular weight is 556 g/mol. The first-order chi connectivity index (χ1) is 17.6. The number of nitrogens with one attached hydrogen (secondary N) is 1. The summed E-state index contributed by atoms with van der Waals surface area (Å²) in [5.41, 5.74) is 3.44. The summed E-state index contributed by atoms with van der Waals surface area (Å²) in [6.45, 7) is 5.42. The molecule has 1 atom stereocenters. The lowest BCUT2D eigenvalue weighted by atomic mass is 10.1. The number of amides is 1. The smallest absolute Gasteiger partial charge is 0.273 e. The summed E-state index contributed by atoms with van der Waals surface area (Å²) < 4.78 is 1.79. The van der Waals surface area contributed by atoms with Gasteiger partial charge in [0.1, 0.15) is 0 Å². The van der Waals surface area contributed by atoms with E-state index in [9.17, 15) is 14.9 Å². The number of aromatic nitrogens is 3. The van der Waals surface area contributed by atoms with Crippen LogP contribution in [0.4, 0.5) is 5.69 Å². The van der Waals surface area contributed by atoms with Crippen molar-refractivity contribution in [2.24, 2.45) is 0 Å². The van der Waals surface area contributed by atoms with Crippen LogP contribution in [-0.2, 0) is 5.75 Å². The maximum absolute atomic E-state index is 13.0. The number of hydrogen-bond donors (Lipinski definition) is 1. The van der Waals surface area contributed by atoms with E-state index in [1.807, 2.05) is 25.1 Å². The highest BCUT2D eigenvalue weighted by atomic mass is 35.5. The summed E-state index contributed by atoms with van der Waals surface area (Å²) in [6.07, 6.45) is 0. The van der Waals surface area contributed by atoms with Crippen molar-refractivity contribution in [3.63, 3.8) is 0 Å². The van der Waals surface area contributed by atoms with E-state index in [1.165, 1.54) is 17.8 Å². The van der Waals surface area contributed by atoms with Crippen LogP contribution in [-0.4, -0.2) is 25.6 Å². The van der Waals surface area contributed by atoms with Gasteiger partial charge in [0, 0.05) is 28.0 Å². The molecular weight excluding hydrogens is 533 g/mol. The van der Waals surface area contributed by atoms with Crippen molar-refractivity contribution in [1.82, 2.24) is 20.1 Å². The first kappa shape index (κ1) is 26.7. The molecule has 0 bridgehead atoms. The van der Waals surface area contributed by atoms with Gasteiger partial charge in [0.15, 0.2) is 11.0 Å². The molecule has 1 N–H and O–H groups in total. The van der Waals surface area contributed by atoms with Gasteiger partial charge in [0.25, 0.3) is 11.6 Å². The molecule has 1 heterocycles. The minimum absolute atomic E-state index is 0.119. The van der Waals surface area contributed by atoms with E-state index in [-0.39, 0.29) is 11.3 Å². The Morgan fingerprint density at radius 2 is 1.89 bits per heavy atom. The Bertz CT molecular complexity index is 1490. The van der Waals surface area contributed by atoms with Crippen LogP contribution in [0.5, 0.6) is 0 Å². The summed E-state index contributed by atoms with van der Waals surface area (Å²) >= 11 is 14.2. The molecule has 1 amide bonds. The van der Waals surface area contributed by atoms with E-state index in [0.29, 0.717) is 38.0 Å². The Hall–Kier alpha value is -3.40. The third kappa shape index (κ3) is 6.12. The molecule has 0 aliphatic carbocycles. The number of hydrogen-bond acceptors (Lipinski definition) is 6. The van der Waals surface area contributed by atoms with Crippen LogP contribution in [0.1, 0.15) is 45.8 Å². The van der Waals surface area contributed by atoms with Gasteiger partial charge in [-0.1, -0.05) is 70.9 Å². The molecule has 11 heteroatoms. The molecule has 1 aromatic heterocycles. The quantitative estimate of drug-likeness (QED) is 0.144. The summed E-state index contributed by atoms with van der Waals surface area (Å²) in [7, 11) is 0. The maximum atomic E-state index is 13.0. The summed E-state index contributed by atoms with van der Waals surface area (Å²) in [5.74, 6) is 0.631. The van der Waals surface area contributed by atoms with Gasteiger partial charge in [0.2, 0.25) is 0 Å². The lowest BCUT2D eigenvalue weighted by Gasteiger charge is -2.17. The highest BCUT2D eigenvalue weighted by Gasteiger charge is 2.24. The van der Waals surface area contributed by atoms with Crippen LogP contribution < -0.4 is 5.32 Å². The van der Waals surface area contributed by atoms with Gasteiger partial charge in [-0.15, -0.1) is 10.2 Å². The zero-order valence-electron chi connectivity index (χ0n) is 20.2. The molecule has 190 valence electrons. The van der Waals surface area contributed by atoms with Gasteiger partial charge in [-0.05, 0) is 50.6 Å². The van der Waals surface area contributed by atoms with E-state index in [4.69, 9.17) is 23.2 Å². The van der Waals surface area contributed by atoms with Crippen LogP contribution in [0.15, 0.2) is 65.8 Å². The van der Waals surface area contributed by atoms with Crippen LogP contribution >= 0.6 is 35.0 Å². The Kier molecular flexibility index (Phi) is 8.16. The first-order valence-electron chi connectivity index (χ1n) is 11.3. The molecule has 0 radical (unpaired) electrons. The molecule has 0 fully saturated rings. The van der Waals surface area contributed by atoms with Gasteiger partial charge in [-0.2, -0.15) is 0 Å². The Labute approximate surface area is 228 Å². The fourth-order valence-electron chi connectivity index (χ4n) is 3.79. The third-order valence-corrected chi connectivity index (χ3v) is 7.20. The minimum atomic E-state index is -0.597. The van der Waals surface area contributed by atoms with E-state index in [2.05, 4.69) is 21.6 Å². The molecule has 4 aromatic rings. The number of halogens is 2. The molecule has 1 unspecified atom stereocenters. The maximum Gasteiger partial charge on any atom is 0.273 e. The number of aryl methyl sites for hydroxylation is 2. The predicted molar refractivity (Wildman–Crippen MR) is 146 cm³/mol. The van der Waals surface area contributed by atoms with Crippen LogP contribution in [0.2, 0.25) is 10.0 Å². The number of nitro benzene ring substituents is 1. The van der Waals surface area contributed by atoms with Crippen molar-refractivity contribution < 1.29 is 9.72 Å². The Balaban J connectivity index is 1.66. The molecule has 0 saturated carbocycles. The number of carbonyl (C=O) groups is 1. The minimum Gasteiger partial charge on any atom is -0.342 e. The molecule has 0 saturated heterocycles. The van der Waals surface area contributed by atoms with Crippen molar-refractivity contribution in [2.75, 3.05) is 0 Å². The van der Waals surface area contributed by atoms with Gasteiger partial charge < -0.3 is 5.32 Å². The monoisotopic (exact) mass is 555 g/mol. The summed E-state index contributed by atoms with van der Waals surface area (Å²) in [5, 5.41) is 24.4. The van der Waals surface area contributed by atoms with Crippen molar-refractivity contribution in [1.29, 1.82) is 0 Å². The number of rotatable bonds is 8. The van der Waals surface area contributed by atoms with Gasteiger partial charge in [-0.3, -0.25) is 19.5 Å².